The van der Waals surface area contributed by atoms with Crippen LogP contribution in [0.2, 0.25) is 0 Å². The van der Waals surface area contributed by atoms with Crippen LogP contribution in [0.4, 0.5) is 5.69 Å². The van der Waals surface area contributed by atoms with E-state index in [-0.39, 0.29) is 0 Å². The molecule has 3 nitrogen and oxygen atoms in total. The maximum atomic E-state index is 8.74. The molecule has 0 radical (unpaired) electrons. The van der Waals surface area contributed by atoms with Gasteiger partial charge in [0.2, 0.25) is 0 Å². The number of ether oxygens (including phenoxy) is 1. The first-order chi connectivity index (χ1) is 9.31. The van der Waals surface area contributed by atoms with Crippen LogP contribution in [0.5, 0.6) is 0 Å². The SMILES string of the molecule is COCc1cccc(NCc2ccc(C#N)cc2)c1. The van der Waals surface area contributed by atoms with Crippen LogP contribution < -0.4 is 5.32 Å². The minimum atomic E-state index is 0.617. The molecular weight excluding hydrogens is 236 g/mol. The van der Waals surface area contributed by atoms with Crippen molar-refractivity contribution in [2.24, 2.45) is 0 Å². The molecule has 0 atom stereocenters. The topological polar surface area (TPSA) is 45.0 Å². The molecule has 0 aliphatic rings. The summed E-state index contributed by atoms with van der Waals surface area (Å²) >= 11 is 0. The molecule has 0 unspecified atom stereocenters. The minimum absolute atomic E-state index is 0.617. The van der Waals surface area contributed by atoms with E-state index in [1.54, 1.807) is 7.11 Å². The second kappa shape index (κ2) is 6.58. The highest BCUT2D eigenvalue weighted by Crippen LogP contribution is 2.13. The van der Waals surface area contributed by atoms with Gasteiger partial charge in [-0.1, -0.05) is 24.3 Å². The molecule has 2 aromatic rings. The zero-order valence-electron chi connectivity index (χ0n) is 10.9. The van der Waals surface area contributed by atoms with E-state index in [0.29, 0.717) is 12.2 Å². The molecule has 19 heavy (non-hydrogen) atoms. The van der Waals surface area contributed by atoms with Crippen molar-refractivity contribution in [2.75, 3.05) is 12.4 Å². The fourth-order valence-electron chi connectivity index (χ4n) is 1.84. The lowest BCUT2D eigenvalue weighted by atomic mass is 10.1. The molecule has 2 rings (SSSR count). The number of benzene rings is 2. The molecule has 0 fully saturated rings. The van der Waals surface area contributed by atoms with Crippen molar-refractivity contribution in [3.8, 4) is 6.07 Å². The Morgan fingerprint density at radius 1 is 1.11 bits per heavy atom. The van der Waals surface area contributed by atoms with Crippen LogP contribution in [0.25, 0.3) is 0 Å². The Hall–Kier alpha value is -2.31. The monoisotopic (exact) mass is 252 g/mol. The first-order valence-corrected chi connectivity index (χ1v) is 6.12. The molecule has 0 saturated carbocycles. The predicted molar refractivity (Wildman–Crippen MR) is 75.6 cm³/mol. The summed E-state index contributed by atoms with van der Waals surface area (Å²) in [5, 5.41) is 12.1. The highest BCUT2D eigenvalue weighted by atomic mass is 16.5. The Kier molecular flexibility index (Phi) is 4.54. The Bertz CT molecular complexity index is 570. The molecule has 0 saturated heterocycles. The molecule has 3 heteroatoms. The standard InChI is InChI=1S/C16H16N2O/c1-19-12-15-3-2-4-16(9-15)18-11-14-7-5-13(10-17)6-8-14/h2-9,18H,11-12H2,1H3. The van der Waals surface area contributed by atoms with Crippen LogP contribution in [0.15, 0.2) is 48.5 Å². The van der Waals surface area contributed by atoms with Crippen molar-refractivity contribution < 1.29 is 4.74 Å². The van der Waals surface area contributed by atoms with E-state index in [1.807, 2.05) is 42.5 Å². The molecule has 0 amide bonds. The molecule has 0 heterocycles. The zero-order chi connectivity index (χ0) is 13.5. The quantitative estimate of drug-likeness (QED) is 0.887. The Balaban J connectivity index is 1.97. The number of methoxy groups -OCH3 is 1. The van der Waals surface area contributed by atoms with Crippen LogP contribution in [-0.2, 0) is 17.9 Å². The van der Waals surface area contributed by atoms with Crippen molar-refractivity contribution in [2.45, 2.75) is 13.2 Å². The van der Waals surface area contributed by atoms with E-state index in [1.165, 1.54) is 0 Å². The van der Waals surface area contributed by atoms with Gasteiger partial charge >= 0.3 is 0 Å². The van der Waals surface area contributed by atoms with E-state index < -0.39 is 0 Å². The summed E-state index contributed by atoms with van der Waals surface area (Å²) in [6.45, 7) is 1.36. The summed E-state index contributed by atoms with van der Waals surface area (Å²) < 4.78 is 5.11. The summed E-state index contributed by atoms with van der Waals surface area (Å²) in [5.74, 6) is 0. The fraction of sp³-hybridized carbons (Fsp3) is 0.188. The summed E-state index contributed by atoms with van der Waals surface area (Å²) in [7, 11) is 1.69. The smallest absolute Gasteiger partial charge is 0.0991 e. The van der Waals surface area contributed by atoms with Gasteiger partial charge in [-0.3, -0.25) is 0 Å². The molecular formula is C16H16N2O. The summed E-state index contributed by atoms with van der Waals surface area (Å²) in [6.07, 6.45) is 0. The largest absolute Gasteiger partial charge is 0.381 e. The molecule has 0 aromatic heterocycles. The van der Waals surface area contributed by atoms with E-state index >= 15 is 0 Å². The third-order valence-electron chi connectivity index (χ3n) is 2.82. The van der Waals surface area contributed by atoms with E-state index in [0.717, 1.165) is 23.4 Å². The van der Waals surface area contributed by atoms with Gasteiger partial charge in [0.05, 0.1) is 18.2 Å². The van der Waals surface area contributed by atoms with Crippen LogP contribution in [-0.4, -0.2) is 7.11 Å². The summed E-state index contributed by atoms with van der Waals surface area (Å²) in [4.78, 5) is 0. The van der Waals surface area contributed by atoms with Gasteiger partial charge in [0.1, 0.15) is 0 Å². The van der Waals surface area contributed by atoms with Crippen LogP contribution >= 0.6 is 0 Å². The molecule has 96 valence electrons. The van der Waals surface area contributed by atoms with Gasteiger partial charge in [0.15, 0.2) is 0 Å². The molecule has 0 aliphatic carbocycles. The first-order valence-electron chi connectivity index (χ1n) is 6.12. The van der Waals surface area contributed by atoms with Crippen LogP contribution in [0, 0.1) is 11.3 Å². The number of hydrogen-bond donors (Lipinski definition) is 1. The normalized spacial score (nSPS) is 9.89. The van der Waals surface area contributed by atoms with E-state index in [9.17, 15) is 0 Å². The number of nitrogens with zero attached hydrogens (tertiary/aromatic N) is 1. The Morgan fingerprint density at radius 3 is 2.58 bits per heavy atom. The third-order valence-corrected chi connectivity index (χ3v) is 2.82. The molecule has 2 aromatic carbocycles. The Morgan fingerprint density at radius 2 is 1.89 bits per heavy atom. The highest BCUT2D eigenvalue weighted by Gasteiger charge is 1.97. The van der Waals surface area contributed by atoms with Crippen molar-refractivity contribution in [3.63, 3.8) is 0 Å². The molecule has 0 aliphatic heterocycles. The third kappa shape index (κ3) is 3.84. The number of rotatable bonds is 5. The predicted octanol–water partition coefficient (Wildman–Crippen LogP) is 3.32. The van der Waals surface area contributed by atoms with Gasteiger partial charge in [-0.15, -0.1) is 0 Å². The van der Waals surface area contributed by atoms with Gasteiger partial charge in [-0.25, -0.2) is 0 Å². The van der Waals surface area contributed by atoms with Gasteiger partial charge < -0.3 is 10.1 Å². The second-order valence-corrected chi connectivity index (χ2v) is 4.30. The highest BCUT2D eigenvalue weighted by molar-refractivity contribution is 5.46. The lowest BCUT2D eigenvalue weighted by molar-refractivity contribution is 0.185. The van der Waals surface area contributed by atoms with Crippen LogP contribution in [0.1, 0.15) is 16.7 Å². The molecule has 0 spiro atoms. The zero-order valence-corrected chi connectivity index (χ0v) is 10.9. The van der Waals surface area contributed by atoms with Crippen molar-refractivity contribution in [1.82, 2.24) is 0 Å². The van der Waals surface area contributed by atoms with Crippen molar-refractivity contribution >= 4 is 5.69 Å². The lowest BCUT2D eigenvalue weighted by Gasteiger charge is -2.08. The van der Waals surface area contributed by atoms with Gasteiger partial charge in [0, 0.05) is 19.3 Å². The Labute approximate surface area is 113 Å². The number of nitrogens with one attached hydrogen (secondary N) is 1. The summed E-state index contributed by atoms with van der Waals surface area (Å²) in [6, 6.07) is 17.9. The maximum absolute atomic E-state index is 8.74. The van der Waals surface area contributed by atoms with Crippen molar-refractivity contribution in [1.29, 1.82) is 5.26 Å². The molecule has 1 N–H and O–H groups in total. The number of anilines is 1. The minimum Gasteiger partial charge on any atom is -0.381 e. The van der Waals surface area contributed by atoms with E-state index in [2.05, 4.69) is 17.5 Å². The fourth-order valence-corrected chi connectivity index (χ4v) is 1.84. The van der Waals surface area contributed by atoms with Gasteiger partial charge in [-0.05, 0) is 35.4 Å². The van der Waals surface area contributed by atoms with E-state index in [4.69, 9.17) is 10.00 Å². The van der Waals surface area contributed by atoms with Crippen LogP contribution in [0.3, 0.4) is 0 Å². The maximum Gasteiger partial charge on any atom is 0.0991 e. The average Bonchev–Trinajstić information content (AvgIpc) is 2.46. The first kappa shape index (κ1) is 13.1. The summed E-state index contributed by atoms with van der Waals surface area (Å²) in [5.41, 5.74) is 4.05. The van der Waals surface area contributed by atoms with Crippen molar-refractivity contribution in [3.05, 3.63) is 65.2 Å². The van der Waals surface area contributed by atoms with Gasteiger partial charge in [0.25, 0.3) is 0 Å². The van der Waals surface area contributed by atoms with Gasteiger partial charge in [-0.2, -0.15) is 5.26 Å². The molecule has 0 bridgehead atoms. The second-order valence-electron chi connectivity index (χ2n) is 4.30. The number of nitriles is 1. The lowest BCUT2D eigenvalue weighted by Crippen LogP contribution is -2.00. The number of hydrogen-bond acceptors (Lipinski definition) is 3. The average molecular weight is 252 g/mol.